The predicted molar refractivity (Wildman–Crippen MR) is 87.4 cm³/mol. The normalized spacial score (nSPS) is 11.4. The van der Waals surface area contributed by atoms with Gasteiger partial charge in [-0.3, -0.25) is 4.79 Å². The van der Waals surface area contributed by atoms with Crippen molar-refractivity contribution >= 4 is 17.5 Å². The van der Waals surface area contributed by atoms with Gasteiger partial charge in [0.2, 0.25) is 11.8 Å². The number of alkyl halides is 3. The van der Waals surface area contributed by atoms with E-state index in [4.69, 9.17) is 16.0 Å². The van der Waals surface area contributed by atoms with Crippen molar-refractivity contribution in [1.82, 2.24) is 15.5 Å². The molecular formula is C17H11ClF3N3O2. The minimum Gasteiger partial charge on any atom is -0.419 e. The molecule has 0 spiro atoms. The van der Waals surface area contributed by atoms with Gasteiger partial charge < -0.3 is 9.73 Å². The van der Waals surface area contributed by atoms with Gasteiger partial charge in [-0.25, -0.2) is 0 Å². The van der Waals surface area contributed by atoms with Gasteiger partial charge in [0.05, 0.1) is 12.1 Å². The van der Waals surface area contributed by atoms with Crippen LogP contribution in [0.3, 0.4) is 0 Å². The number of nitrogens with zero attached hydrogens (tertiary/aromatic N) is 2. The summed E-state index contributed by atoms with van der Waals surface area (Å²) in [5.74, 6) is -0.124. The topological polar surface area (TPSA) is 68.0 Å². The third-order valence-electron chi connectivity index (χ3n) is 3.43. The van der Waals surface area contributed by atoms with Crippen LogP contribution < -0.4 is 5.32 Å². The predicted octanol–water partition coefficient (Wildman–Crippen LogP) is 4.34. The zero-order valence-electron chi connectivity index (χ0n) is 13.0. The number of carbonyl (C=O) groups is 1. The number of aromatic nitrogens is 2. The SMILES string of the molecule is O=C(NCc1nnc(-c2ccc(Cl)cc2)o1)c1ccc(C(F)(F)F)cc1. The van der Waals surface area contributed by atoms with E-state index < -0.39 is 17.6 Å². The average Bonchev–Trinajstić information content (AvgIpc) is 3.08. The lowest BCUT2D eigenvalue weighted by Gasteiger charge is -2.07. The van der Waals surface area contributed by atoms with Crippen LogP contribution in [0.4, 0.5) is 13.2 Å². The molecular weight excluding hydrogens is 371 g/mol. The van der Waals surface area contributed by atoms with Crippen molar-refractivity contribution in [3.8, 4) is 11.5 Å². The molecule has 9 heteroatoms. The first-order valence-electron chi connectivity index (χ1n) is 7.37. The minimum absolute atomic E-state index is 0.0551. The molecule has 3 aromatic rings. The highest BCUT2D eigenvalue weighted by atomic mass is 35.5. The molecule has 0 aliphatic carbocycles. The fourth-order valence-electron chi connectivity index (χ4n) is 2.10. The molecule has 0 aliphatic rings. The van der Waals surface area contributed by atoms with Crippen molar-refractivity contribution in [2.75, 3.05) is 0 Å². The lowest BCUT2D eigenvalue weighted by molar-refractivity contribution is -0.137. The Morgan fingerprint density at radius 2 is 1.69 bits per heavy atom. The van der Waals surface area contributed by atoms with Crippen molar-refractivity contribution in [3.05, 3.63) is 70.6 Å². The number of carbonyl (C=O) groups excluding carboxylic acids is 1. The van der Waals surface area contributed by atoms with Crippen LogP contribution in [-0.2, 0) is 12.7 Å². The van der Waals surface area contributed by atoms with Crippen LogP contribution in [0.2, 0.25) is 5.02 Å². The quantitative estimate of drug-likeness (QED) is 0.730. The number of halogens is 4. The van der Waals surface area contributed by atoms with E-state index in [1.807, 2.05) is 0 Å². The van der Waals surface area contributed by atoms with E-state index in [2.05, 4.69) is 15.5 Å². The maximum atomic E-state index is 12.5. The summed E-state index contributed by atoms with van der Waals surface area (Å²) >= 11 is 5.81. The summed E-state index contributed by atoms with van der Waals surface area (Å²) in [5.41, 5.74) is -0.0591. The van der Waals surface area contributed by atoms with E-state index in [9.17, 15) is 18.0 Å². The van der Waals surface area contributed by atoms with Gasteiger partial charge in [-0.2, -0.15) is 13.2 Å². The Labute approximate surface area is 150 Å². The molecule has 1 amide bonds. The van der Waals surface area contributed by atoms with E-state index in [0.29, 0.717) is 10.6 Å². The number of benzene rings is 2. The second-order valence-corrected chi connectivity index (χ2v) is 5.70. The molecule has 1 heterocycles. The summed E-state index contributed by atoms with van der Waals surface area (Å²) in [6.07, 6.45) is -4.45. The Hall–Kier alpha value is -2.87. The first-order chi connectivity index (χ1) is 12.3. The molecule has 1 N–H and O–H groups in total. The van der Waals surface area contributed by atoms with Gasteiger partial charge in [0, 0.05) is 16.1 Å². The summed E-state index contributed by atoms with van der Waals surface area (Å²) in [7, 11) is 0. The summed E-state index contributed by atoms with van der Waals surface area (Å²) in [5, 5.41) is 10.8. The van der Waals surface area contributed by atoms with Gasteiger partial charge in [0.1, 0.15) is 0 Å². The average molecular weight is 382 g/mol. The molecule has 1 aromatic heterocycles. The van der Waals surface area contributed by atoms with Crippen LogP contribution in [0.15, 0.2) is 52.9 Å². The number of rotatable bonds is 4. The molecule has 0 unspecified atom stereocenters. The van der Waals surface area contributed by atoms with Crippen LogP contribution in [0.1, 0.15) is 21.8 Å². The lowest BCUT2D eigenvalue weighted by atomic mass is 10.1. The molecule has 0 bridgehead atoms. The molecule has 3 rings (SSSR count). The maximum Gasteiger partial charge on any atom is 0.416 e. The zero-order chi connectivity index (χ0) is 18.7. The highest BCUT2D eigenvalue weighted by Crippen LogP contribution is 2.29. The smallest absolute Gasteiger partial charge is 0.416 e. The fraction of sp³-hybridized carbons (Fsp3) is 0.118. The number of nitrogens with one attached hydrogen (secondary N) is 1. The van der Waals surface area contributed by atoms with Crippen LogP contribution in [-0.4, -0.2) is 16.1 Å². The summed E-state index contributed by atoms with van der Waals surface area (Å²) in [4.78, 5) is 12.0. The van der Waals surface area contributed by atoms with Gasteiger partial charge in [-0.15, -0.1) is 10.2 Å². The maximum absolute atomic E-state index is 12.5. The standard InChI is InChI=1S/C17H11ClF3N3O2/c18-13-7-3-11(4-8-13)16-24-23-14(26-16)9-22-15(25)10-1-5-12(6-2-10)17(19,20)21/h1-8H,9H2,(H,22,25). The summed E-state index contributed by atoms with van der Waals surface area (Å²) < 4.78 is 43.0. The van der Waals surface area contributed by atoms with Crippen molar-refractivity contribution in [1.29, 1.82) is 0 Å². The first-order valence-corrected chi connectivity index (χ1v) is 7.74. The summed E-state index contributed by atoms with van der Waals surface area (Å²) in [6.45, 7) is -0.0551. The lowest BCUT2D eigenvalue weighted by Crippen LogP contribution is -2.23. The van der Waals surface area contributed by atoms with Gasteiger partial charge in [0.15, 0.2) is 0 Å². The molecule has 134 valence electrons. The minimum atomic E-state index is -4.45. The molecule has 0 saturated carbocycles. The van der Waals surface area contributed by atoms with Crippen LogP contribution in [0, 0.1) is 0 Å². The van der Waals surface area contributed by atoms with Gasteiger partial charge >= 0.3 is 6.18 Å². The monoisotopic (exact) mass is 381 g/mol. The fourth-order valence-corrected chi connectivity index (χ4v) is 2.23. The number of hydrogen-bond acceptors (Lipinski definition) is 4. The van der Waals surface area contributed by atoms with E-state index in [1.165, 1.54) is 0 Å². The van der Waals surface area contributed by atoms with Crippen molar-refractivity contribution in [3.63, 3.8) is 0 Å². The largest absolute Gasteiger partial charge is 0.419 e. The highest BCUT2D eigenvalue weighted by molar-refractivity contribution is 6.30. The Kier molecular flexibility index (Phi) is 4.94. The molecule has 26 heavy (non-hydrogen) atoms. The Morgan fingerprint density at radius 3 is 2.31 bits per heavy atom. The Bertz CT molecular complexity index is 906. The Balaban J connectivity index is 1.62. The van der Waals surface area contributed by atoms with Crippen LogP contribution in [0.5, 0.6) is 0 Å². The molecule has 0 fully saturated rings. The van der Waals surface area contributed by atoms with E-state index in [-0.39, 0.29) is 23.9 Å². The van der Waals surface area contributed by atoms with Crippen molar-refractivity contribution in [2.24, 2.45) is 0 Å². The third-order valence-corrected chi connectivity index (χ3v) is 3.68. The Morgan fingerprint density at radius 1 is 1.04 bits per heavy atom. The van der Waals surface area contributed by atoms with Gasteiger partial charge in [-0.1, -0.05) is 11.6 Å². The number of amides is 1. The van der Waals surface area contributed by atoms with Gasteiger partial charge in [-0.05, 0) is 48.5 Å². The third kappa shape index (κ3) is 4.20. The molecule has 0 radical (unpaired) electrons. The molecule has 2 aromatic carbocycles. The van der Waals surface area contributed by atoms with Crippen molar-refractivity contribution in [2.45, 2.75) is 12.7 Å². The summed E-state index contributed by atoms with van der Waals surface area (Å²) in [6, 6.07) is 10.7. The van der Waals surface area contributed by atoms with E-state index in [0.717, 1.165) is 24.3 Å². The molecule has 0 saturated heterocycles. The molecule has 0 atom stereocenters. The zero-order valence-corrected chi connectivity index (χ0v) is 13.8. The first kappa shape index (κ1) is 17.9. The van der Waals surface area contributed by atoms with Crippen LogP contribution >= 0.6 is 11.6 Å². The van der Waals surface area contributed by atoms with E-state index >= 15 is 0 Å². The second-order valence-electron chi connectivity index (χ2n) is 5.27. The molecule has 5 nitrogen and oxygen atoms in total. The molecule has 0 aliphatic heterocycles. The highest BCUT2D eigenvalue weighted by Gasteiger charge is 2.30. The van der Waals surface area contributed by atoms with Gasteiger partial charge in [0.25, 0.3) is 5.91 Å². The van der Waals surface area contributed by atoms with E-state index in [1.54, 1.807) is 24.3 Å². The second kappa shape index (κ2) is 7.17. The number of hydrogen-bond donors (Lipinski definition) is 1. The van der Waals surface area contributed by atoms with Crippen molar-refractivity contribution < 1.29 is 22.4 Å². The van der Waals surface area contributed by atoms with Crippen LogP contribution in [0.25, 0.3) is 11.5 Å².